The summed E-state index contributed by atoms with van der Waals surface area (Å²) in [6.45, 7) is 3.35. The summed E-state index contributed by atoms with van der Waals surface area (Å²) in [7, 11) is 4.20. The van der Waals surface area contributed by atoms with Gasteiger partial charge in [0.15, 0.2) is 0 Å². The lowest BCUT2D eigenvalue weighted by atomic mass is 10.0. The van der Waals surface area contributed by atoms with Crippen LogP contribution in [0, 0.1) is 5.92 Å². The number of hydrogen-bond donors (Lipinski definition) is 3. The minimum Gasteiger partial charge on any atom is -0.369 e. The van der Waals surface area contributed by atoms with Crippen molar-refractivity contribution in [3.8, 4) is 0 Å². The lowest BCUT2D eigenvalue weighted by Crippen LogP contribution is -2.39. The molecule has 1 aromatic heterocycles. The summed E-state index contributed by atoms with van der Waals surface area (Å²) in [4.78, 5) is 13.6. The van der Waals surface area contributed by atoms with Crippen molar-refractivity contribution >= 4 is 11.7 Å². The molecule has 2 heterocycles. The van der Waals surface area contributed by atoms with E-state index < -0.39 is 5.91 Å². The van der Waals surface area contributed by atoms with Crippen LogP contribution in [0.5, 0.6) is 0 Å². The number of rotatable bonds is 7. The second kappa shape index (κ2) is 7.67. The Morgan fingerprint density at radius 3 is 2.88 bits per heavy atom. The van der Waals surface area contributed by atoms with E-state index >= 15 is 0 Å². The van der Waals surface area contributed by atoms with Gasteiger partial charge in [-0.2, -0.15) is 5.10 Å². The van der Waals surface area contributed by atoms with Crippen LogP contribution in [0.4, 0.5) is 5.82 Å². The van der Waals surface area contributed by atoms with E-state index in [1.54, 1.807) is 0 Å². The van der Waals surface area contributed by atoms with Gasteiger partial charge >= 0.3 is 0 Å². The highest BCUT2D eigenvalue weighted by molar-refractivity contribution is 5.97. The summed E-state index contributed by atoms with van der Waals surface area (Å²) >= 11 is 0. The van der Waals surface area contributed by atoms with E-state index in [0.29, 0.717) is 17.5 Å². The van der Waals surface area contributed by atoms with Gasteiger partial charge in [0.05, 0.1) is 6.20 Å². The molecule has 25 heavy (non-hydrogen) atoms. The third kappa shape index (κ3) is 4.00. The molecule has 0 aliphatic carbocycles. The molecule has 0 saturated carbocycles. The normalized spacial score (nSPS) is 17.8. The fourth-order valence-corrected chi connectivity index (χ4v) is 3.28. The van der Waals surface area contributed by atoms with E-state index in [4.69, 9.17) is 5.73 Å². The number of amides is 1. The first-order chi connectivity index (χ1) is 12.1. The zero-order valence-corrected chi connectivity index (χ0v) is 14.8. The molecule has 0 spiro atoms. The topological polar surface area (TPSA) is 88.2 Å². The van der Waals surface area contributed by atoms with Crippen LogP contribution < -0.4 is 16.4 Å². The van der Waals surface area contributed by atoms with Crippen molar-refractivity contribution in [2.75, 3.05) is 39.0 Å². The average molecular weight is 342 g/mol. The van der Waals surface area contributed by atoms with Gasteiger partial charge in [-0.3, -0.25) is 4.79 Å². The number of anilines is 1. The Balaban J connectivity index is 1.54. The molecular formula is C18H26N6O. The van der Waals surface area contributed by atoms with Gasteiger partial charge in [0, 0.05) is 38.1 Å². The second-order valence-corrected chi connectivity index (χ2v) is 6.75. The van der Waals surface area contributed by atoms with Crippen LogP contribution in [0.3, 0.4) is 0 Å². The Hall–Kier alpha value is -2.38. The number of aromatic nitrogens is 2. The molecule has 7 heteroatoms. The van der Waals surface area contributed by atoms with E-state index in [1.807, 2.05) is 10.7 Å². The molecule has 0 saturated heterocycles. The lowest BCUT2D eigenvalue weighted by Gasteiger charge is -2.28. The third-order valence-electron chi connectivity index (χ3n) is 4.67. The number of nitrogens with zero attached hydrogens (tertiary/aromatic N) is 3. The highest BCUT2D eigenvalue weighted by Gasteiger charge is 2.23. The zero-order valence-electron chi connectivity index (χ0n) is 14.8. The van der Waals surface area contributed by atoms with E-state index in [2.05, 4.69) is 59.0 Å². The fourth-order valence-electron chi connectivity index (χ4n) is 3.28. The van der Waals surface area contributed by atoms with Gasteiger partial charge in [0.1, 0.15) is 11.4 Å². The summed E-state index contributed by atoms with van der Waals surface area (Å²) in [6, 6.07) is 10.9. The molecule has 1 aliphatic heterocycles. The highest BCUT2D eigenvalue weighted by atomic mass is 16.1. The maximum Gasteiger partial charge on any atom is 0.254 e. The maximum absolute atomic E-state index is 11.4. The van der Waals surface area contributed by atoms with E-state index in [1.165, 1.54) is 11.8 Å². The molecule has 0 radical (unpaired) electrons. The highest BCUT2D eigenvalue weighted by Crippen LogP contribution is 2.21. The van der Waals surface area contributed by atoms with Crippen LogP contribution >= 0.6 is 0 Å². The number of nitrogens with two attached hydrogens (primary N) is 1. The number of nitrogens with one attached hydrogen (secondary N) is 2. The quantitative estimate of drug-likeness (QED) is 0.696. The van der Waals surface area contributed by atoms with Gasteiger partial charge < -0.3 is 21.3 Å². The largest absolute Gasteiger partial charge is 0.369 e. The van der Waals surface area contributed by atoms with Crippen molar-refractivity contribution in [2.45, 2.75) is 12.6 Å². The number of fused-ring (bicyclic) bond motifs is 1. The van der Waals surface area contributed by atoms with Crippen LogP contribution in [-0.2, 0) is 6.54 Å². The molecule has 1 aromatic carbocycles. The number of carbonyl (C=O) groups is 1. The fraction of sp³-hybridized carbons (Fsp3) is 0.444. The Morgan fingerprint density at radius 1 is 1.44 bits per heavy atom. The van der Waals surface area contributed by atoms with Gasteiger partial charge in [-0.15, -0.1) is 0 Å². The number of likely N-dealkylation sites (N-methyl/N-ethyl adjacent to an activating group) is 1. The molecule has 0 unspecified atom stereocenters. The van der Waals surface area contributed by atoms with Gasteiger partial charge in [0.25, 0.3) is 5.91 Å². The third-order valence-corrected chi connectivity index (χ3v) is 4.67. The first kappa shape index (κ1) is 17.4. The number of carbonyl (C=O) groups excluding carboxylic acids is 1. The van der Waals surface area contributed by atoms with Crippen molar-refractivity contribution in [3.63, 3.8) is 0 Å². The Kier molecular flexibility index (Phi) is 5.35. The smallest absolute Gasteiger partial charge is 0.254 e. The predicted molar refractivity (Wildman–Crippen MR) is 98.5 cm³/mol. The maximum atomic E-state index is 11.4. The molecule has 0 bridgehead atoms. The van der Waals surface area contributed by atoms with Gasteiger partial charge in [0.2, 0.25) is 0 Å². The minimum absolute atomic E-state index is 0.333. The molecule has 1 amide bonds. The van der Waals surface area contributed by atoms with Crippen LogP contribution in [-0.4, -0.2) is 54.3 Å². The monoisotopic (exact) mass is 342 g/mol. The first-order valence-corrected chi connectivity index (χ1v) is 8.58. The summed E-state index contributed by atoms with van der Waals surface area (Å²) in [5.74, 6) is 0.702. The van der Waals surface area contributed by atoms with Crippen molar-refractivity contribution in [1.82, 2.24) is 20.0 Å². The minimum atomic E-state index is -0.443. The Bertz CT molecular complexity index is 712. The van der Waals surface area contributed by atoms with Crippen LogP contribution in [0.15, 0.2) is 36.5 Å². The molecule has 2 aromatic rings. The number of primary amides is 1. The van der Waals surface area contributed by atoms with Crippen LogP contribution in [0.2, 0.25) is 0 Å². The Labute approximate surface area is 148 Å². The molecule has 3 rings (SSSR count). The molecule has 4 N–H and O–H groups in total. The van der Waals surface area contributed by atoms with Crippen molar-refractivity contribution in [3.05, 3.63) is 47.7 Å². The number of hydrogen-bond acceptors (Lipinski definition) is 5. The summed E-state index contributed by atoms with van der Waals surface area (Å²) in [5, 5.41) is 11.1. The molecule has 1 aliphatic rings. The van der Waals surface area contributed by atoms with Gasteiger partial charge in [-0.05, 0) is 19.7 Å². The molecule has 2 atom stereocenters. The summed E-state index contributed by atoms with van der Waals surface area (Å²) < 4.78 is 1.83. The van der Waals surface area contributed by atoms with Crippen molar-refractivity contribution < 1.29 is 4.79 Å². The number of benzene rings is 1. The molecule has 0 fully saturated rings. The molecule has 7 nitrogen and oxygen atoms in total. The summed E-state index contributed by atoms with van der Waals surface area (Å²) in [6.07, 6.45) is 1.54. The standard InChI is InChI=1S/C18H26N6O/c1-23(2)16(14-6-4-3-5-7-14)11-20-8-13-9-21-18-15(17(19)25)10-22-24(18)12-13/h3-7,10,13,16,20-21H,8-9,11-12H2,1-2H3,(H2,19,25)/t13-,16-/m1/s1. The first-order valence-electron chi connectivity index (χ1n) is 8.58. The van der Waals surface area contributed by atoms with E-state index in [0.717, 1.165) is 32.0 Å². The second-order valence-electron chi connectivity index (χ2n) is 6.75. The predicted octanol–water partition coefficient (Wildman–Crippen LogP) is 0.916. The van der Waals surface area contributed by atoms with Crippen LogP contribution in [0.25, 0.3) is 0 Å². The zero-order chi connectivity index (χ0) is 17.8. The Morgan fingerprint density at radius 2 is 2.20 bits per heavy atom. The van der Waals surface area contributed by atoms with Crippen molar-refractivity contribution in [1.29, 1.82) is 0 Å². The average Bonchev–Trinajstić information content (AvgIpc) is 3.02. The lowest BCUT2D eigenvalue weighted by molar-refractivity contribution is 0.100. The SMILES string of the molecule is CN(C)[C@H](CNC[C@@H]1CNc2c(C(N)=O)cnn2C1)c1ccccc1. The van der Waals surface area contributed by atoms with Crippen LogP contribution in [0.1, 0.15) is 22.0 Å². The van der Waals surface area contributed by atoms with Gasteiger partial charge in [-0.25, -0.2) is 4.68 Å². The van der Waals surface area contributed by atoms with E-state index in [9.17, 15) is 4.79 Å². The summed E-state index contributed by atoms with van der Waals surface area (Å²) in [5.41, 5.74) is 7.13. The van der Waals surface area contributed by atoms with Crippen molar-refractivity contribution in [2.24, 2.45) is 11.7 Å². The molecule has 134 valence electrons. The van der Waals surface area contributed by atoms with Gasteiger partial charge in [-0.1, -0.05) is 30.3 Å². The van der Waals surface area contributed by atoms with E-state index in [-0.39, 0.29) is 0 Å². The molecular weight excluding hydrogens is 316 g/mol.